The number of hydrogen-bond acceptors (Lipinski definition) is 7. The van der Waals surface area contributed by atoms with Crippen molar-refractivity contribution in [3.05, 3.63) is 28.3 Å². The van der Waals surface area contributed by atoms with E-state index in [0.717, 1.165) is 12.8 Å². The Morgan fingerprint density at radius 2 is 2.22 bits per heavy atom. The predicted molar refractivity (Wildman–Crippen MR) is 97.9 cm³/mol. The number of amides is 1. The summed E-state index contributed by atoms with van der Waals surface area (Å²) in [6.45, 7) is 5.94. The Labute approximate surface area is 158 Å². The second kappa shape index (κ2) is 7.26. The van der Waals surface area contributed by atoms with Gasteiger partial charge in [0.15, 0.2) is 5.58 Å². The fraction of sp³-hybridized carbons (Fsp3) is 0.529. The monoisotopic (exact) mass is 395 g/mol. The molecule has 2 aromatic rings. The van der Waals surface area contributed by atoms with E-state index in [1.807, 2.05) is 0 Å². The van der Waals surface area contributed by atoms with Crippen LogP contribution in [0.25, 0.3) is 11.1 Å². The third-order valence-corrected chi connectivity index (χ3v) is 5.36. The van der Waals surface area contributed by atoms with Crippen LogP contribution in [0.4, 0.5) is 10.5 Å². The number of non-ortho nitro benzene ring substituents is 1. The van der Waals surface area contributed by atoms with E-state index in [4.69, 9.17) is 9.15 Å². The molecular formula is C17H21N3O6S. The van der Waals surface area contributed by atoms with Crippen molar-refractivity contribution in [2.75, 3.05) is 12.3 Å². The number of nitrogens with zero attached hydrogens (tertiary/aromatic N) is 3. The number of carbonyl (C=O) groups excluding carboxylic acids is 1. The lowest BCUT2D eigenvalue weighted by molar-refractivity contribution is -0.384. The van der Waals surface area contributed by atoms with E-state index in [2.05, 4.69) is 4.98 Å². The van der Waals surface area contributed by atoms with Crippen molar-refractivity contribution < 1.29 is 23.1 Å². The van der Waals surface area contributed by atoms with Crippen LogP contribution in [0.5, 0.6) is 0 Å². The van der Waals surface area contributed by atoms with E-state index in [1.165, 1.54) is 18.2 Å². The number of hydrogen-bond donors (Lipinski definition) is 0. The molecule has 1 aliphatic heterocycles. The molecule has 1 aliphatic rings. The number of fused-ring (bicyclic) bond motifs is 1. The van der Waals surface area contributed by atoms with Crippen molar-refractivity contribution in [3.8, 4) is 0 Å². The van der Waals surface area contributed by atoms with E-state index in [1.54, 1.807) is 25.7 Å². The zero-order valence-electron chi connectivity index (χ0n) is 15.3. The first-order valence-electron chi connectivity index (χ1n) is 8.57. The summed E-state index contributed by atoms with van der Waals surface area (Å²) in [6, 6.07) is 3.79. The van der Waals surface area contributed by atoms with Crippen LogP contribution in [-0.4, -0.2) is 49.0 Å². The highest BCUT2D eigenvalue weighted by Gasteiger charge is 2.34. The fourth-order valence-electron chi connectivity index (χ4n) is 2.92. The van der Waals surface area contributed by atoms with Crippen molar-refractivity contribution in [1.82, 2.24) is 9.88 Å². The number of nitro groups is 1. The molecule has 27 heavy (non-hydrogen) atoms. The minimum Gasteiger partial charge on any atom is -0.444 e. The Hall–Kier alpha value is -2.49. The maximum absolute atomic E-state index is 12.7. The number of ether oxygens (including phenoxy) is 1. The summed E-state index contributed by atoms with van der Waals surface area (Å²) in [5.41, 5.74) is -0.0966. The minimum atomic E-state index is -1.58. The van der Waals surface area contributed by atoms with Crippen LogP contribution >= 0.6 is 0 Å². The molecule has 1 saturated heterocycles. The van der Waals surface area contributed by atoms with E-state index < -0.39 is 27.4 Å². The Balaban J connectivity index is 1.73. The Kier molecular flexibility index (Phi) is 5.18. The van der Waals surface area contributed by atoms with Gasteiger partial charge in [-0.2, -0.15) is 0 Å². The van der Waals surface area contributed by atoms with Crippen molar-refractivity contribution in [2.24, 2.45) is 0 Å². The molecule has 1 aromatic carbocycles. The van der Waals surface area contributed by atoms with Gasteiger partial charge in [0.1, 0.15) is 21.9 Å². The first-order chi connectivity index (χ1) is 12.6. The Morgan fingerprint density at radius 3 is 2.89 bits per heavy atom. The molecule has 0 bridgehead atoms. The summed E-state index contributed by atoms with van der Waals surface area (Å²) in [5, 5.41) is 10.9. The number of nitro benzene ring substituents is 1. The maximum Gasteiger partial charge on any atom is 0.410 e. The summed E-state index contributed by atoms with van der Waals surface area (Å²) >= 11 is 0. The van der Waals surface area contributed by atoms with Crippen LogP contribution in [0.15, 0.2) is 27.8 Å². The second-order valence-electron chi connectivity index (χ2n) is 7.37. The highest BCUT2D eigenvalue weighted by Crippen LogP contribution is 2.26. The van der Waals surface area contributed by atoms with Gasteiger partial charge in [0, 0.05) is 24.7 Å². The van der Waals surface area contributed by atoms with Crippen LogP contribution < -0.4 is 0 Å². The van der Waals surface area contributed by atoms with Crippen molar-refractivity contribution in [3.63, 3.8) is 0 Å². The van der Waals surface area contributed by atoms with Gasteiger partial charge in [-0.15, -0.1) is 0 Å². The number of rotatable bonds is 4. The molecular weight excluding hydrogens is 374 g/mol. The zero-order chi connectivity index (χ0) is 19.8. The molecule has 0 saturated carbocycles. The smallest absolute Gasteiger partial charge is 0.410 e. The standard InChI is InChI=1S/C17H21N3O6S/c1-17(2,3)26-16(21)19-8-4-5-12(19)10-27(24)15-18-13-9-11(20(22)23)6-7-14(13)25-15/h6-7,9,12H,4-5,8,10H2,1-3H3. The highest BCUT2D eigenvalue weighted by atomic mass is 32.2. The van der Waals surface area contributed by atoms with Gasteiger partial charge in [-0.25, -0.2) is 14.0 Å². The molecule has 0 N–H and O–H groups in total. The topological polar surface area (TPSA) is 116 Å². The maximum atomic E-state index is 12.7. The summed E-state index contributed by atoms with van der Waals surface area (Å²) in [5.74, 6) is 0.175. The molecule has 1 fully saturated rings. The molecule has 0 spiro atoms. The average molecular weight is 395 g/mol. The summed E-state index contributed by atoms with van der Waals surface area (Å²) in [6.07, 6.45) is 1.10. The fourth-order valence-corrected chi connectivity index (χ4v) is 4.14. The first kappa shape index (κ1) is 19.3. The van der Waals surface area contributed by atoms with Crippen molar-refractivity contribution >= 4 is 33.7 Å². The Morgan fingerprint density at radius 1 is 1.48 bits per heavy atom. The van der Waals surface area contributed by atoms with Gasteiger partial charge in [-0.3, -0.25) is 10.1 Å². The average Bonchev–Trinajstić information content (AvgIpc) is 3.18. The highest BCUT2D eigenvalue weighted by molar-refractivity contribution is 7.84. The number of likely N-dealkylation sites (tertiary alicyclic amines) is 1. The third kappa shape index (κ3) is 4.44. The normalized spacial score (nSPS) is 18.6. The van der Waals surface area contributed by atoms with E-state index in [-0.39, 0.29) is 28.2 Å². The number of carbonyl (C=O) groups is 1. The van der Waals surface area contributed by atoms with Crippen LogP contribution in [-0.2, 0) is 15.5 Å². The third-order valence-electron chi connectivity index (χ3n) is 4.11. The van der Waals surface area contributed by atoms with Gasteiger partial charge in [0.25, 0.3) is 10.9 Å². The molecule has 10 heteroatoms. The van der Waals surface area contributed by atoms with Crippen molar-refractivity contribution in [2.45, 2.75) is 50.5 Å². The van der Waals surface area contributed by atoms with E-state index in [9.17, 15) is 19.1 Å². The lowest BCUT2D eigenvalue weighted by atomic mass is 10.2. The van der Waals surface area contributed by atoms with Crippen LogP contribution in [0.1, 0.15) is 33.6 Å². The molecule has 2 heterocycles. The lowest BCUT2D eigenvalue weighted by Gasteiger charge is -2.28. The van der Waals surface area contributed by atoms with Crippen molar-refractivity contribution in [1.29, 1.82) is 0 Å². The first-order valence-corrected chi connectivity index (χ1v) is 9.89. The molecule has 9 nitrogen and oxygen atoms in total. The summed E-state index contributed by atoms with van der Waals surface area (Å²) < 4.78 is 23.6. The van der Waals surface area contributed by atoms with E-state index in [0.29, 0.717) is 12.1 Å². The molecule has 2 unspecified atom stereocenters. The predicted octanol–water partition coefficient (Wildman–Crippen LogP) is 3.24. The van der Waals surface area contributed by atoms with Gasteiger partial charge in [-0.1, -0.05) is 0 Å². The molecule has 1 amide bonds. The van der Waals surface area contributed by atoms with Gasteiger partial charge in [0.2, 0.25) is 0 Å². The molecule has 1 aromatic heterocycles. The molecule has 3 rings (SSSR count). The van der Waals surface area contributed by atoms with Gasteiger partial charge >= 0.3 is 6.09 Å². The molecule has 146 valence electrons. The SMILES string of the molecule is CC(C)(C)OC(=O)N1CCCC1CS(=O)c1nc2cc([N+](=O)[O-])ccc2o1. The minimum absolute atomic E-state index is 0.00142. The second-order valence-corrected chi connectivity index (χ2v) is 8.74. The van der Waals surface area contributed by atoms with Gasteiger partial charge in [0.05, 0.1) is 10.7 Å². The number of aromatic nitrogens is 1. The van der Waals surface area contributed by atoms with Crippen LogP contribution in [0.3, 0.4) is 0 Å². The quantitative estimate of drug-likeness (QED) is 0.576. The number of benzene rings is 1. The zero-order valence-corrected chi connectivity index (χ0v) is 16.2. The molecule has 2 atom stereocenters. The lowest BCUT2D eigenvalue weighted by Crippen LogP contribution is -2.42. The molecule has 0 aliphatic carbocycles. The van der Waals surface area contributed by atoms with E-state index >= 15 is 0 Å². The van der Waals surface area contributed by atoms with Crippen LogP contribution in [0, 0.1) is 10.1 Å². The number of oxazole rings is 1. The summed E-state index contributed by atoms with van der Waals surface area (Å²) in [4.78, 5) is 28.4. The largest absolute Gasteiger partial charge is 0.444 e. The van der Waals surface area contributed by atoms with Gasteiger partial charge < -0.3 is 14.1 Å². The van der Waals surface area contributed by atoms with Gasteiger partial charge in [-0.05, 0) is 39.7 Å². The van der Waals surface area contributed by atoms with Crippen LogP contribution in [0.2, 0.25) is 0 Å². The Bertz CT molecular complexity index is 904. The summed E-state index contributed by atoms with van der Waals surface area (Å²) in [7, 11) is -1.58. The molecule has 0 radical (unpaired) electrons.